The minimum absolute atomic E-state index is 0.00378. The van der Waals surface area contributed by atoms with E-state index < -0.39 is 22.3 Å². The second-order valence-electron chi connectivity index (χ2n) is 5.16. The Labute approximate surface area is 133 Å². The molecule has 0 aliphatic heterocycles. The number of alkyl halides is 3. The maximum atomic E-state index is 13.8. The predicted octanol–water partition coefficient (Wildman–Crippen LogP) is 2.72. The van der Waals surface area contributed by atoms with Crippen LogP contribution in [0.4, 0.5) is 19.0 Å². The Balaban J connectivity index is 2.34. The zero-order valence-corrected chi connectivity index (χ0v) is 13.0. The average Bonchev–Trinajstić information content (AvgIpc) is 2.99. The summed E-state index contributed by atoms with van der Waals surface area (Å²) in [7, 11) is 1.42. The third-order valence-electron chi connectivity index (χ3n) is 3.64. The summed E-state index contributed by atoms with van der Waals surface area (Å²) in [6.45, 7) is 1.37. The Morgan fingerprint density at radius 3 is 2.43 bits per heavy atom. The van der Waals surface area contributed by atoms with Gasteiger partial charge < -0.3 is 10.8 Å². The molecule has 0 aliphatic rings. The van der Waals surface area contributed by atoms with Crippen LogP contribution in [0.1, 0.15) is 16.3 Å². The number of para-hydroxylation sites is 1. The third-order valence-corrected chi connectivity index (χ3v) is 4.79. The predicted molar refractivity (Wildman–Crippen MR) is 81.0 cm³/mol. The molecule has 0 amide bonds. The van der Waals surface area contributed by atoms with Gasteiger partial charge in [0.15, 0.2) is 0 Å². The number of fused-ring (bicyclic) bond motifs is 1. The minimum Gasteiger partial charge on any atom is -0.384 e. The lowest BCUT2D eigenvalue weighted by molar-refractivity contribution is -0.248. The Bertz CT molecular complexity index is 853. The number of benzene rings is 1. The van der Waals surface area contributed by atoms with E-state index in [1.807, 2.05) is 0 Å². The van der Waals surface area contributed by atoms with Gasteiger partial charge in [-0.05, 0) is 19.1 Å². The van der Waals surface area contributed by atoms with Crippen molar-refractivity contribution in [2.75, 3.05) is 5.73 Å². The van der Waals surface area contributed by atoms with Gasteiger partial charge in [-0.25, -0.2) is 4.98 Å². The van der Waals surface area contributed by atoms with Crippen LogP contribution < -0.4 is 5.73 Å². The van der Waals surface area contributed by atoms with E-state index in [1.165, 1.54) is 14.0 Å². The van der Waals surface area contributed by atoms with Crippen LogP contribution in [0.5, 0.6) is 0 Å². The first-order valence-electron chi connectivity index (χ1n) is 6.61. The average molecular weight is 342 g/mol. The van der Waals surface area contributed by atoms with Crippen molar-refractivity contribution in [3.8, 4) is 0 Å². The number of rotatable bonds is 2. The maximum Gasteiger partial charge on any atom is 0.428 e. The summed E-state index contributed by atoms with van der Waals surface area (Å²) in [5.41, 5.74) is 2.34. The topological polar surface area (TPSA) is 77.0 Å². The molecule has 0 saturated carbocycles. The second-order valence-corrected chi connectivity index (χ2v) is 6.19. The molecule has 3 aromatic rings. The number of anilines is 1. The molecule has 2 heterocycles. The third kappa shape index (κ3) is 2.19. The van der Waals surface area contributed by atoms with Crippen LogP contribution in [0.2, 0.25) is 0 Å². The molecular formula is C14H13F3N4OS. The maximum absolute atomic E-state index is 13.8. The van der Waals surface area contributed by atoms with Crippen LogP contribution in [0.3, 0.4) is 0 Å². The fraction of sp³-hybridized carbons (Fsp3) is 0.286. The van der Waals surface area contributed by atoms with Gasteiger partial charge >= 0.3 is 6.18 Å². The highest BCUT2D eigenvalue weighted by Crippen LogP contribution is 2.48. The van der Waals surface area contributed by atoms with Gasteiger partial charge in [0.25, 0.3) is 0 Å². The van der Waals surface area contributed by atoms with Crippen LogP contribution in [0, 0.1) is 6.92 Å². The standard InChI is InChI=1S/C14H13F3N4OS/c1-7-10(11(18)21(2)20-7)13(22,14(15,16)17)12-19-8-5-3-4-6-9(8)23-12/h3-6,22H,18H2,1-2H3. The molecule has 122 valence electrons. The zero-order chi connectivity index (χ0) is 17.0. The highest BCUT2D eigenvalue weighted by atomic mass is 32.1. The van der Waals surface area contributed by atoms with Crippen LogP contribution in [0.25, 0.3) is 10.2 Å². The number of aromatic nitrogens is 3. The van der Waals surface area contributed by atoms with Crippen molar-refractivity contribution in [3.63, 3.8) is 0 Å². The molecule has 2 aromatic heterocycles. The van der Waals surface area contributed by atoms with Gasteiger partial charge in [-0.2, -0.15) is 18.3 Å². The van der Waals surface area contributed by atoms with Gasteiger partial charge in [0.1, 0.15) is 10.8 Å². The van der Waals surface area contributed by atoms with Crippen molar-refractivity contribution in [1.29, 1.82) is 0 Å². The second kappa shape index (κ2) is 4.93. The summed E-state index contributed by atoms with van der Waals surface area (Å²) >= 11 is 0.779. The van der Waals surface area contributed by atoms with E-state index >= 15 is 0 Å². The van der Waals surface area contributed by atoms with Gasteiger partial charge in [0.2, 0.25) is 5.60 Å². The summed E-state index contributed by atoms with van der Waals surface area (Å²) in [4.78, 5) is 3.98. The highest BCUT2D eigenvalue weighted by molar-refractivity contribution is 7.18. The quantitative estimate of drug-likeness (QED) is 0.751. The van der Waals surface area contributed by atoms with Gasteiger partial charge in [0.05, 0.1) is 21.5 Å². The Morgan fingerprint density at radius 1 is 1.26 bits per heavy atom. The van der Waals surface area contributed by atoms with Crippen molar-refractivity contribution < 1.29 is 18.3 Å². The van der Waals surface area contributed by atoms with E-state index in [9.17, 15) is 18.3 Å². The lowest BCUT2D eigenvalue weighted by atomic mass is 9.93. The van der Waals surface area contributed by atoms with Crippen LogP contribution in [0.15, 0.2) is 24.3 Å². The lowest BCUT2D eigenvalue weighted by Gasteiger charge is -2.28. The Morgan fingerprint density at radius 2 is 1.91 bits per heavy atom. The number of hydrogen-bond donors (Lipinski definition) is 2. The first-order chi connectivity index (χ1) is 10.7. The molecule has 5 nitrogen and oxygen atoms in total. The normalized spacial score (nSPS) is 15.0. The summed E-state index contributed by atoms with van der Waals surface area (Å²) in [6, 6.07) is 6.60. The Hall–Kier alpha value is -2.13. The molecule has 1 atom stereocenters. The van der Waals surface area contributed by atoms with E-state index in [-0.39, 0.29) is 11.5 Å². The van der Waals surface area contributed by atoms with Crippen LogP contribution >= 0.6 is 11.3 Å². The zero-order valence-electron chi connectivity index (χ0n) is 12.2. The highest BCUT2D eigenvalue weighted by Gasteiger charge is 2.61. The summed E-state index contributed by atoms with van der Waals surface area (Å²) in [6.07, 6.45) is -5.00. The Kier molecular flexibility index (Phi) is 3.38. The fourth-order valence-corrected chi connectivity index (χ4v) is 3.60. The number of aliphatic hydroxyl groups is 1. The molecule has 3 N–H and O–H groups in total. The van der Waals surface area contributed by atoms with E-state index in [2.05, 4.69) is 10.1 Å². The van der Waals surface area contributed by atoms with Gasteiger partial charge in [-0.1, -0.05) is 12.1 Å². The molecule has 3 rings (SSSR count). The number of nitrogens with two attached hydrogens (primary N) is 1. The summed E-state index contributed by atoms with van der Waals surface area (Å²) in [5, 5.41) is 14.1. The molecule has 9 heteroatoms. The molecule has 1 aromatic carbocycles. The number of hydrogen-bond acceptors (Lipinski definition) is 5. The molecule has 1 unspecified atom stereocenters. The van der Waals surface area contributed by atoms with Crippen molar-refractivity contribution in [1.82, 2.24) is 14.8 Å². The first kappa shape index (κ1) is 15.8. The SMILES string of the molecule is Cc1nn(C)c(N)c1C(O)(c1nc2ccccc2s1)C(F)(F)F. The van der Waals surface area contributed by atoms with Crippen molar-refractivity contribution in [3.05, 3.63) is 40.5 Å². The summed E-state index contributed by atoms with van der Waals surface area (Å²) < 4.78 is 43.0. The summed E-state index contributed by atoms with van der Waals surface area (Å²) in [5.74, 6) is -0.249. The molecule has 0 fully saturated rings. The van der Waals surface area contributed by atoms with Crippen molar-refractivity contribution in [2.24, 2.45) is 7.05 Å². The fourth-order valence-electron chi connectivity index (χ4n) is 2.52. The number of nitrogen functional groups attached to an aromatic ring is 1. The van der Waals surface area contributed by atoms with E-state index in [0.717, 1.165) is 16.0 Å². The number of aryl methyl sites for hydroxylation is 2. The van der Waals surface area contributed by atoms with E-state index in [0.29, 0.717) is 10.2 Å². The monoisotopic (exact) mass is 342 g/mol. The number of thiazole rings is 1. The van der Waals surface area contributed by atoms with Crippen molar-refractivity contribution >= 4 is 27.4 Å². The molecular weight excluding hydrogens is 329 g/mol. The minimum atomic E-state index is -5.00. The van der Waals surface area contributed by atoms with Gasteiger partial charge in [0, 0.05) is 7.05 Å². The van der Waals surface area contributed by atoms with Crippen LogP contribution in [-0.4, -0.2) is 26.0 Å². The largest absolute Gasteiger partial charge is 0.428 e. The smallest absolute Gasteiger partial charge is 0.384 e. The number of halogens is 3. The lowest BCUT2D eigenvalue weighted by Crippen LogP contribution is -2.44. The molecule has 0 saturated heterocycles. The molecule has 0 bridgehead atoms. The van der Waals surface area contributed by atoms with E-state index in [1.54, 1.807) is 24.3 Å². The van der Waals surface area contributed by atoms with Crippen LogP contribution in [-0.2, 0) is 12.6 Å². The molecule has 0 spiro atoms. The van der Waals surface area contributed by atoms with Gasteiger partial charge in [-0.3, -0.25) is 4.68 Å². The molecule has 23 heavy (non-hydrogen) atoms. The van der Waals surface area contributed by atoms with E-state index in [4.69, 9.17) is 5.73 Å². The first-order valence-corrected chi connectivity index (χ1v) is 7.42. The van der Waals surface area contributed by atoms with Crippen molar-refractivity contribution in [2.45, 2.75) is 18.7 Å². The van der Waals surface area contributed by atoms with Gasteiger partial charge in [-0.15, -0.1) is 11.3 Å². The molecule has 0 aliphatic carbocycles. The number of nitrogens with zero attached hydrogens (tertiary/aromatic N) is 3. The molecule has 0 radical (unpaired) electrons.